The van der Waals surface area contributed by atoms with Crippen molar-refractivity contribution in [3.05, 3.63) is 29.8 Å². The van der Waals surface area contributed by atoms with E-state index in [2.05, 4.69) is 5.32 Å². The summed E-state index contributed by atoms with van der Waals surface area (Å²) in [6.45, 7) is 5.55. The van der Waals surface area contributed by atoms with Crippen LogP contribution in [-0.4, -0.2) is 38.7 Å². The number of benzene rings is 1. The van der Waals surface area contributed by atoms with Gasteiger partial charge < -0.3 is 10.2 Å². The lowest BCUT2D eigenvalue weighted by atomic mass is 10.2. The summed E-state index contributed by atoms with van der Waals surface area (Å²) in [6.07, 6.45) is 1.17. The maximum Gasteiger partial charge on any atom is 0.317 e. The van der Waals surface area contributed by atoms with Crippen molar-refractivity contribution in [3.8, 4) is 0 Å². The van der Waals surface area contributed by atoms with Gasteiger partial charge in [-0.2, -0.15) is 0 Å². The van der Waals surface area contributed by atoms with Gasteiger partial charge >= 0.3 is 6.03 Å². The first-order valence-corrected chi connectivity index (χ1v) is 8.09. The van der Waals surface area contributed by atoms with Gasteiger partial charge in [0.1, 0.15) is 0 Å². The largest absolute Gasteiger partial charge is 0.334 e. The predicted octanol–water partition coefficient (Wildman–Crippen LogP) is 1.64. The molecule has 2 amide bonds. The van der Waals surface area contributed by atoms with Gasteiger partial charge in [-0.1, -0.05) is 12.1 Å². The summed E-state index contributed by atoms with van der Waals surface area (Å²) in [5, 5.41) is 2.80. The molecule has 0 unspecified atom stereocenters. The van der Waals surface area contributed by atoms with Crippen molar-refractivity contribution < 1.29 is 13.2 Å². The third kappa shape index (κ3) is 4.55. The van der Waals surface area contributed by atoms with Crippen LogP contribution >= 0.6 is 0 Å². The van der Waals surface area contributed by atoms with E-state index in [0.29, 0.717) is 19.6 Å². The topological polar surface area (TPSA) is 66.5 Å². The van der Waals surface area contributed by atoms with E-state index in [9.17, 15) is 13.2 Å². The van der Waals surface area contributed by atoms with Crippen LogP contribution in [0.25, 0.3) is 0 Å². The molecule has 6 heteroatoms. The summed E-state index contributed by atoms with van der Waals surface area (Å²) < 4.78 is 22.6. The van der Waals surface area contributed by atoms with Crippen LogP contribution < -0.4 is 5.32 Å². The lowest BCUT2D eigenvalue weighted by Crippen LogP contribution is -2.39. The van der Waals surface area contributed by atoms with Gasteiger partial charge in [0, 0.05) is 25.9 Å². The van der Waals surface area contributed by atoms with E-state index in [0.717, 1.165) is 5.56 Å². The van der Waals surface area contributed by atoms with Crippen LogP contribution in [0.1, 0.15) is 19.4 Å². The molecule has 0 saturated carbocycles. The van der Waals surface area contributed by atoms with Crippen molar-refractivity contribution in [1.82, 2.24) is 10.2 Å². The SMILES string of the molecule is CCN(CC)C(=O)NCc1ccc(S(C)(=O)=O)cc1. The molecule has 1 aromatic rings. The molecule has 106 valence electrons. The van der Waals surface area contributed by atoms with Crippen LogP contribution in [0.15, 0.2) is 29.2 Å². The number of carbonyl (C=O) groups excluding carboxylic acids is 1. The van der Waals surface area contributed by atoms with Gasteiger partial charge in [-0.05, 0) is 31.5 Å². The first-order valence-electron chi connectivity index (χ1n) is 6.20. The summed E-state index contributed by atoms with van der Waals surface area (Å²) in [7, 11) is -3.17. The molecule has 0 aliphatic rings. The maximum absolute atomic E-state index is 11.7. The predicted molar refractivity (Wildman–Crippen MR) is 74.7 cm³/mol. The van der Waals surface area contributed by atoms with E-state index in [-0.39, 0.29) is 10.9 Å². The Morgan fingerprint density at radius 1 is 1.16 bits per heavy atom. The molecule has 0 fully saturated rings. The van der Waals surface area contributed by atoms with Gasteiger partial charge in [-0.25, -0.2) is 13.2 Å². The molecule has 0 radical (unpaired) electrons. The van der Waals surface area contributed by atoms with Gasteiger partial charge in [-0.3, -0.25) is 0 Å². The van der Waals surface area contributed by atoms with Crippen molar-refractivity contribution in [2.45, 2.75) is 25.3 Å². The monoisotopic (exact) mass is 284 g/mol. The highest BCUT2D eigenvalue weighted by molar-refractivity contribution is 7.90. The summed E-state index contributed by atoms with van der Waals surface area (Å²) in [4.78, 5) is 13.7. The molecule has 1 aromatic carbocycles. The number of rotatable bonds is 5. The van der Waals surface area contributed by atoms with E-state index in [1.54, 1.807) is 29.2 Å². The van der Waals surface area contributed by atoms with Crippen LogP contribution in [0.2, 0.25) is 0 Å². The molecule has 0 bridgehead atoms. The Kier molecular flexibility index (Phi) is 5.35. The Morgan fingerprint density at radius 2 is 1.68 bits per heavy atom. The number of nitrogens with zero attached hydrogens (tertiary/aromatic N) is 1. The molecular formula is C13H20N2O3S. The molecule has 0 aromatic heterocycles. The van der Waals surface area contributed by atoms with E-state index in [1.165, 1.54) is 6.26 Å². The van der Waals surface area contributed by atoms with Crippen LogP contribution in [0.5, 0.6) is 0 Å². The first kappa shape index (κ1) is 15.5. The molecule has 0 aliphatic heterocycles. The summed E-state index contributed by atoms with van der Waals surface area (Å²) in [5.41, 5.74) is 0.868. The van der Waals surface area contributed by atoms with E-state index in [4.69, 9.17) is 0 Å². The van der Waals surface area contributed by atoms with Crippen molar-refractivity contribution in [2.75, 3.05) is 19.3 Å². The number of hydrogen-bond donors (Lipinski definition) is 1. The van der Waals surface area contributed by atoms with Crippen molar-refractivity contribution in [3.63, 3.8) is 0 Å². The van der Waals surface area contributed by atoms with Crippen molar-refractivity contribution in [2.24, 2.45) is 0 Å². The average molecular weight is 284 g/mol. The minimum atomic E-state index is -3.17. The Balaban J connectivity index is 2.62. The number of carbonyl (C=O) groups is 1. The lowest BCUT2D eigenvalue weighted by Gasteiger charge is -2.19. The van der Waals surface area contributed by atoms with E-state index >= 15 is 0 Å². The van der Waals surface area contributed by atoms with Crippen LogP contribution in [0.4, 0.5) is 4.79 Å². The Bertz CT molecular complexity index is 519. The van der Waals surface area contributed by atoms with Crippen LogP contribution in [0.3, 0.4) is 0 Å². The normalized spacial score (nSPS) is 11.1. The van der Waals surface area contributed by atoms with Gasteiger partial charge in [0.05, 0.1) is 4.90 Å². The Hall–Kier alpha value is -1.56. The minimum Gasteiger partial charge on any atom is -0.334 e. The second-order valence-electron chi connectivity index (χ2n) is 4.25. The Labute approximate surface area is 114 Å². The lowest BCUT2D eigenvalue weighted by molar-refractivity contribution is 0.203. The number of amides is 2. The molecule has 1 N–H and O–H groups in total. The zero-order valence-electron chi connectivity index (χ0n) is 11.5. The number of urea groups is 1. The molecule has 19 heavy (non-hydrogen) atoms. The van der Waals surface area contributed by atoms with Crippen molar-refractivity contribution in [1.29, 1.82) is 0 Å². The fourth-order valence-electron chi connectivity index (χ4n) is 1.65. The third-order valence-corrected chi connectivity index (χ3v) is 3.97. The number of nitrogens with one attached hydrogen (secondary N) is 1. The highest BCUT2D eigenvalue weighted by Crippen LogP contribution is 2.10. The molecule has 1 rings (SSSR count). The minimum absolute atomic E-state index is 0.114. The molecule has 0 spiro atoms. The fourth-order valence-corrected chi connectivity index (χ4v) is 2.29. The fraction of sp³-hybridized carbons (Fsp3) is 0.462. The second-order valence-corrected chi connectivity index (χ2v) is 6.26. The van der Waals surface area contributed by atoms with Gasteiger partial charge in [0.15, 0.2) is 9.84 Å². The van der Waals surface area contributed by atoms with Gasteiger partial charge in [-0.15, -0.1) is 0 Å². The molecule has 0 saturated heterocycles. The highest BCUT2D eigenvalue weighted by atomic mass is 32.2. The van der Waals surface area contributed by atoms with E-state index in [1.807, 2.05) is 13.8 Å². The van der Waals surface area contributed by atoms with Crippen molar-refractivity contribution >= 4 is 15.9 Å². The number of sulfone groups is 1. The standard InChI is InChI=1S/C13H20N2O3S/c1-4-15(5-2)13(16)14-10-11-6-8-12(9-7-11)19(3,17)18/h6-9H,4-5,10H2,1-3H3,(H,14,16). The van der Waals surface area contributed by atoms with Crippen LogP contribution in [0, 0.1) is 0 Å². The quantitative estimate of drug-likeness (QED) is 0.894. The third-order valence-electron chi connectivity index (χ3n) is 2.85. The molecule has 0 aliphatic carbocycles. The maximum atomic E-state index is 11.7. The van der Waals surface area contributed by atoms with Crippen LogP contribution in [-0.2, 0) is 16.4 Å². The van der Waals surface area contributed by atoms with E-state index < -0.39 is 9.84 Å². The molecular weight excluding hydrogens is 264 g/mol. The zero-order chi connectivity index (χ0) is 14.5. The summed E-state index contributed by atoms with van der Waals surface area (Å²) in [5.74, 6) is 0. The molecule has 0 heterocycles. The second kappa shape index (κ2) is 6.56. The average Bonchev–Trinajstić information content (AvgIpc) is 2.37. The zero-order valence-corrected chi connectivity index (χ0v) is 12.3. The van der Waals surface area contributed by atoms with Gasteiger partial charge in [0.25, 0.3) is 0 Å². The number of hydrogen-bond acceptors (Lipinski definition) is 3. The first-order chi connectivity index (χ1) is 8.88. The summed E-state index contributed by atoms with van der Waals surface area (Å²) >= 11 is 0. The highest BCUT2D eigenvalue weighted by Gasteiger charge is 2.09. The summed E-state index contributed by atoms with van der Waals surface area (Å²) in [6, 6.07) is 6.40. The van der Waals surface area contributed by atoms with Gasteiger partial charge in [0.2, 0.25) is 0 Å². The molecule has 5 nitrogen and oxygen atoms in total. The smallest absolute Gasteiger partial charge is 0.317 e. The molecule has 0 atom stereocenters. The Morgan fingerprint density at radius 3 is 2.11 bits per heavy atom.